The van der Waals surface area contributed by atoms with Crippen LogP contribution in [0.2, 0.25) is 0 Å². The maximum Gasteiger partial charge on any atom is 0.513 e. The Morgan fingerprint density at radius 3 is 2.13 bits per heavy atom. The Bertz CT molecular complexity index is 780. The zero-order valence-electron chi connectivity index (χ0n) is 17.6. The number of carbonyl (C=O) groups excluding carboxylic acids is 4. The van der Waals surface area contributed by atoms with Crippen LogP contribution in [0.1, 0.15) is 19.4 Å². The number of ether oxygens (including phenoxy) is 7. The van der Waals surface area contributed by atoms with Crippen LogP contribution in [-0.2, 0) is 34.9 Å². The Kier molecular flexibility index (Phi) is 10.6. The summed E-state index contributed by atoms with van der Waals surface area (Å²) in [6, 6.07) is 3.10. The molecule has 2 N–H and O–H groups in total. The van der Waals surface area contributed by atoms with Crippen molar-refractivity contribution in [3.8, 4) is 11.5 Å². The average Bonchev–Trinajstić information content (AvgIpc) is 2.73. The largest absolute Gasteiger partial charge is 0.513 e. The molecule has 0 spiro atoms. The first-order valence-electron chi connectivity index (χ1n) is 9.10. The predicted molar refractivity (Wildman–Crippen MR) is 103 cm³/mol. The van der Waals surface area contributed by atoms with Crippen molar-refractivity contribution in [2.75, 3.05) is 27.4 Å². The van der Waals surface area contributed by atoms with Crippen molar-refractivity contribution in [1.82, 2.24) is 0 Å². The van der Waals surface area contributed by atoms with Gasteiger partial charge in [-0.3, -0.25) is 4.79 Å². The summed E-state index contributed by atoms with van der Waals surface area (Å²) in [7, 11) is 2.21. The third kappa shape index (κ3) is 9.21. The van der Waals surface area contributed by atoms with E-state index < -0.39 is 36.6 Å². The van der Waals surface area contributed by atoms with Crippen LogP contribution in [0.25, 0.3) is 0 Å². The molecule has 0 fully saturated rings. The second kappa shape index (κ2) is 12.9. The smallest absolute Gasteiger partial charge is 0.458 e. The average molecular weight is 443 g/mol. The maximum atomic E-state index is 12.2. The third-order valence-corrected chi connectivity index (χ3v) is 3.50. The fraction of sp³-hybridized carbons (Fsp3) is 0.474. The molecule has 31 heavy (non-hydrogen) atoms. The van der Waals surface area contributed by atoms with E-state index >= 15 is 0 Å². The Balaban J connectivity index is 2.77. The zero-order chi connectivity index (χ0) is 23.4. The fourth-order valence-corrected chi connectivity index (χ4v) is 2.11. The molecule has 0 bridgehead atoms. The van der Waals surface area contributed by atoms with Crippen LogP contribution in [0.5, 0.6) is 11.5 Å². The second-order valence-corrected chi connectivity index (χ2v) is 5.95. The summed E-state index contributed by atoms with van der Waals surface area (Å²) in [5.41, 5.74) is 6.34. The van der Waals surface area contributed by atoms with E-state index in [2.05, 4.69) is 14.2 Å². The molecule has 1 rings (SSSR count). The van der Waals surface area contributed by atoms with Gasteiger partial charge >= 0.3 is 24.4 Å². The quantitative estimate of drug-likeness (QED) is 0.336. The monoisotopic (exact) mass is 443 g/mol. The highest BCUT2D eigenvalue weighted by molar-refractivity contribution is 5.76. The third-order valence-electron chi connectivity index (χ3n) is 3.50. The molecule has 0 heterocycles. The van der Waals surface area contributed by atoms with Gasteiger partial charge < -0.3 is 38.9 Å². The highest BCUT2D eigenvalue weighted by Crippen LogP contribution is 2.29. The molecule has 0 saturated heterocycles. The number of esters is 1. The van der Waals surface area contributed by atoms with Crippen molar-refractivity contribution >= 4 is 24.4 Å². The molecular formula is C19H25NO11. The van der Waals surface area contributed by atoms with E-state index in [-0.39, 0.29) is 31.1 Å². The number of nitrogens with two attached hydrogens (primary N) is 1. The molecule has 0 radical (unpaired) electrons. The highest BCUT2D eigenvalue weighted by atomic mass is 16.7. The van der Waals surface area contributed by atoms with Crippen molar-refractivity contribution < 1.29 is 52.3 Å². The zero-order valence-corrected chi connectivity index (χ0v) is 17.6. The SMILES string of the molecule is CCOC(=O)OC[C@H](C)OC(=O)[C@@H](N)Cc1ccc(OC(=O)OC)c(OC(=O)OC)c1. The maximum absolute atomic E-state index is 12.2. The lowest BCUT2D eigenvalue weighted by atomic mass is 10.1. The van der Waals surface area contributed by atoms with Crippen molar-refractivity contribution in [2.24, 2.45) is 5.73 Å². The first-order valence-corrected chi connectivity index (χ1v) is 9.10. The molecule has 12 nitrogen and oxygen atoms in total. The first kappa shape index (κ1) is 25.5. The fourth-order valence-electron chi connectivity index (χ4n) is 2.11. The van der Waals surface area contributed by atoms with E-state index in [1.165, 1.54) is 25.1 Å². The second-order valence-electron chi connectivity index (χ2n) is 5.95. The topological polar surface area (TPSA) is 159 Å². The van der Waals surface area contributed by atoms with Gasteiger partial charge in [0, 0.05) is 0 Å². The van der Waals surface area contributed by atoms with E-state index in [0.717, 1.165) is 14.2 Å². The van der Waals surface area contributed by atoms with Gasteiger partial charge in [0.1, 0.15) is 18.8 Å². The molecule has 1 aromatic rings. The van der Waals surface area contributed by atoms with Crippen molar-refractivity contribution in [2.45, 2.75) is 32.4 Å². The minimum Gasteiger partial charge on any atom is -0.458 e. The van der Waals surface area contributed by atoms with Crippen molar-refractivity contribution in [3.05, 3.63) is 23.8 Å². The Hall–Kier alpha value is -3.54. The summed E-state index contributed by atoms with van der Waals surface area (Å²) in [5, 5.41) is 0. The van der Waals surface area contributed by atoms with Gasteiger partial charge in [0.2, 0.25) is 0 Å². The van der Waals surface area contributed by atoms with Crippen LogP contribution in [0.3, 0.4) is 0 Å². The van der Waals surface area contributed by atoms with Crippen LogP contribution < -0.4 is 15.2 Å². The van der Waals surface area contributed by atoms with Crippen LogP contribution in [0, 0.1) is 0 Å². The number of carbonyl (C=O) groups is 4. The normalized spacial score (nSPS) is 12.0. The molecule has 0 amide bonds. The molecule has 0 aliphatic rings. The summed E-state index contributed by atoms with van der Waals surface area (Å²) in [6.45, 7) is 3.10. The van der Waals surface area contributed by atoms with E-state index in [9.17, 15) is 19.2 Å². The lowest BCUT2D eigenvalue weighted by Gasteiger charge is -2.17. The van der Waals surface area contributed by atoms with Gasteiger partial charge in [0.05, 0.1) is 20.8 Å². The molecular weight excluding hydrogens is 418 g/mol. The van der Waals surface area contributed by atoms with Crippen LogP contribution in [-0.4, -0.2) is 64.0 Å². The standard InChI is InChI=1S/C19H25NO11/c1-5-27-19(24)28-10-11(2)29-16(21)13(20)8-12-6-7-14(30-17(22)25-3)15(9-12)31-18(23)26-4/h6-7,9,11,13H,5,8,10,20H2,1-4H3/t11-,13-/m0/s1. The van der Waals surface area contributed by atoms with Gasteiger partial charge in [-0.2, -0.15) is 0 Å². The molecule has 1 aromatic carbocycles. The van der Waals surface area contributed by atoms with Crippen LogP contribution >= 0.6 is 0 Å². The molecule has 0 aliphatic carbocycles. The summed E-state index contributed by atoms with van der Waals surface area (Å²) in [4.78, 5) is 46.1. The predicted octanol–water partition coefficient (Wildman–Crippen LogP) is 1.95. The minimum atomic E-state index is -1.08. The Morgan fingerprint density at radius 1 is 0.935 bits per heavy atom. The van der Waals surface area contributed by atoms with Gasteiger partial charge in [0.25, 0.3) is 0 Å². The van der Waals surface area contributed by atoms with Gasteiger partial charge in [0.15, 0.2) is 11.5 Å². The summed E-state index contributed by atoms with van der Waals surface area (Å²) in [6.07, 6.45) is -3.70. The molecule has 172 valence electrons. The van der Waals surface area contributed by atoms with Crippen molar-refractivity contribution in [1.29, 1.82) is 0 Å². The summed E-state index contributed by atoms with van der Waals surface area (Å²) >= 11 is 0. The molecule has 12 heteroatoms. The Labute approximate surface area is 178 Å². The molecule has 2 atom stereocenters. The first-order chi connectivity index (χ1) is 14.7. The molecule has 0 unspecified atom stereocenters. The van der Waals surface area contributed by atoms with E-state index in [1.807, 2.05) is 0 Å². The van der Waals surface area contributed by atoms with E-state index in [4.69, 9.17) is 24.7 Å². The number of methoxy groups -OCH3 is 2. The molecule has 0 aromatic heterocycles. The van der Waals surface area contributed by atoms with Gasteiger partial charge in [-0.15, -0.1) is 0 Å². The van der Waals surface area contributed by atoms with Crippen LogP contribution in [0.15, 0.2) is 18.2 Å². The number of rotatable bonds is 9. The van der Waals surface area contributed by atoms with Gasteiger partial charge in [-0.25, -0.2) is 14.4 Å². The number of hydrogen-bond acceptors (Lipinski definition) is 12. The van der Waals surface area contributed by atoms with Gasteiger partial charge in [-0.05, 0) is 38.0 Å². The lowest BCUT2D eigenvalue weighted by Crippen LogP contribution is -2.37. The van der Waals surface area contributed by atoms with Crippen LogP contribution in [0.4, 0.5) is 14.4 Å². The molecule has 0 aliphatic heterocycles. The highest BCUT2D eigenvalue weighted by Gasteiger charge is 2.21. The summed E-state index contributed by atoms with van der Waals surface area (Å²) in [5.74, 6) is -1.00. The van der Waals surface area contributed by atoms with Gasteiger partial charge in [-0.1, -0.05) is 6.07 Å². The summed E-state index contributed by atoms with van der Waals surface area (Å²) < 4.78 is 33.2. The molecule has 0 saturated carbocycles. The minimum absolute atomic E-state index is 0.000321. The van der Waals surface area contributed by atoms with Crippen molar-refractivity contribution in [3.63, 3.8) is 0 Å². The number of hydrogen-bond donors (Lipinski definition) is 1. The number of benzene rings is 1. The Morgan fingerprint density at radius 2 is 1.55 bits per heavy atom. The van der Waals surface area contributed by atoms with E-state index in [1.54, 1.807) is 6.92 Å². The lowest BCUT2D eigenvalue weighted by molar-refractivity contribution is -0.152. The van der Waals surface area contributed by atoms with E-state index in [0.29, 0.717) is 5.56 Å².